The highest BCUT2D eigenvalue weighted by Crippen LogP contribution is 2.29. The van der Waals surface area contributed by atoms with Crippen LogP contribution < -0.4 is 5.32 Å². The molecule has 1 aromatic rings. The van der Waals surface area contributed by atoms with Crippen LogP contribution >= 0.6 is 26.6 Å². The lowest BCUT2D eigenvalue weighted by molar-refractivity contribution is 0.0946. The summed E-state index contributed by atoms with van der Waals surface area (Å²) in [5.74, 6) is -0.914. The Morgan fingerprint density at radius 2 is 2.00 bits per heavy atom. The first-order valence-corrected chi connectivity index (χ1v) is 9.61. The van der Waals surface area contributed by atoms with Crippen LogP contribution in [0.5, 0.6) is 0 Å². The van der Waals surface area contributed by atoms with Crippen molar-refractivity contribution in [3.8, 4) is 0 Å². The Morgan fingerprint density at radius 1 is 1.38 bits per heavy atom. The van der Waals surface area contributed by atoms with E-state index in [9.17, 15) is 17.6 Å². The summed E-state index contributed by atoms with van der Waals surface area (Å²) >= 11 is 2.82. The molecule has 2 rings (SSSR count). The molecular formula is C13H14BrClFNO3S. The van der Waals surface area contributed by atoms with Crippen molar-refractivity contribution in [3.63, 3.8) is 0 Å². The fourth-order valence-electron chi connectivity index (χ4n) is 2.43. The predicted octanol–water partition coefficient (Wildman–Crippen LogP) is 3.44. The van der Waals surface area contributed by atoms with Gasteiger partial charge in [-0.25, -0.2) is 12.8 Å². The van der Waals surface area contributed by atoms with Gasteiger partial charge in [-0.05, 0) is 46.8 Å². The minimum Gasteiger partial charge on any atom is -0.352 e. The molecule has 0 spiro atoms. The zero-order chi connectivity index (χ0) is 15.6. The number of amides is 1. The summed E-state index contributed by atoms with van der Waals surface area (Å²) in [6, 6.07) is 2.05. The van der Waals surface area contributed by atoms with Gasteiger partial charge in [0, 0.05) is 22.8 Å². The lowest BCUT2D eigenvalue weighted by Crippen LogP contribution is -2.28. The van der Waals surface area contributed by atoms with Crippen molar-refractivity contribution in [1.29, 1.82) is 0 Å². The lowest BCUT2D eigenvalue weighted by atomic mass is 10.1. The van der Waals surface area contributed by atoms with Gasteiger partial charge in [-0.2, -0.15) is 0 Å². The second-order valence-electron chi connectivity index (χ2n) is 5.07. The highest BCUT2D eigenvalue weighted by atomic mass is 79.9. The van der Waals surface area contributed by atoms with E-state index in [-0.39, 0.29) is 10.0 Å². The Kier molecular flexibility index (Phi) is 5.27. The molecule has 0 atom stereocenters. The van der Waals surface area contributed by atoms with Crippen LogP contribution in [0.25, 0.3) is 0 Å². The molecule has 0 unspecified atom stereocenters. The van der Waals surface area contributed by atoms with Crippen molar-refractivity contribution in [1.82, 2.24) is 5.32 Å². The van der Waals surface area contributed by atoms with Crippen LogP contribution in [0.15, 0.2) is 21.5 Å². The van der Waals surface area contributed by atoms with Gasteiger partial charge >= 0.3 is 0 Å². The highest BCUT2D eigenvalue weighted by molar-refractivity contribution is 9.10. The van der Waals surface area contributed by atoms with E-state index in [2.05, 4.69) is 21.2 Å². The van der Waals surface area contributed by atoms with E-state index < -0.39 is 25.7 Å². The summed E-state index contributed by atoms with van der Waals surface area (Å²) in [6.45, 7) is 0.513. The van der Waals surface area contributed by atoms with Gasteiger partial charge in [0.1, 0.15) is 10.7 Å². The summed E-state index contributed by atoms with van der Waals surface area (Å²) in [5.41, 5.74) is -0.0621. The topological polar surface area (TPSA) is 63.2 Å². The molecule has 0 saturated heterocycles. The third-order valence-electron chi connectivity index (χ3n) is 3.55. The van der Waals surface area contributed by atoms with Crippen molar-refractivity contribution in [2.24, 2.45) is 5.92 Å². The fraction of sp³-hybridized carbons (Fsp3) is 0.462. The SMILES string of the molecule is O=C(NCC1CCCC1)c1cc(F)c(Br)c(S(=O)(=O)Cl)c1. The van der Waals surface area contributed by atoms with Crippen LogP contribution in [0.3, 0.4) is 0 Å². The van der Waals surface area contributed by atoms with E-state index in [1.54, 1.807) is 0 Å². The van der Waals surface area contributed by atoms with Gasteiger partial charge in [0.05, 0.1) is 4.47 Å². The van der Waals surface area contributed by atoms with Gasteiger partial charge in [-0.1, -0.05) is 12.8 Å². The van der Waals surface area contributed by atoms with E-state index in [0.29, 0.717) is 12.5 Å². The van der Waals surface area contributed by atoms with Gasteiger partial charge in [-0.3, -0.25) is 4.79 Å². The molecular weight excluding hydrogens is 385 g/mol. The Morgan fingerprint density at radius 3 is 2.57 bits per heavy atom. The number of carbonyl (C=O) groups excluding carboxylic acids is 1. The van der Waals surface area contributed by atoms with Gasteiger partial charge < -0.3 is 5.32 Å². The monoisotopic (exact) mass is 397 g/mol. The quantitative estimate of drug-likeness (QED) is 0.790. The van der Waals surface area contributed by atoms with E-state index >= 15 is 0 Å². The molecule has 8 heteroatoms. The molecule has 0 radical (unpaired) electrons. The molecule has 0 bridgehead atoms. The van der Waals surface area contributed by atoms with E-state index in [1.165, 1.54) is 0 Å². The molecule has 1 aromatic carbocycles. The summed E-state index contributed by atoms with van der Waals surface area (Å²) in [7, 11) is 1.10. The van der Waals surface area contributed by atoms with Crippen LogP contribution in [0.2, 0.25) is 0 Å². The van der Waals surface area contributed by atoms with Gasteiger partial charge in [-0.15, -0.1) is 0 Å². The minimum atomic E-state index is -4.14. The van der Waals surface area contributed by atoms with Crippen LogP contribution in [0.4, 0.5) is 4.39 Å². The predicted molar refractivity (Wildman–Crippen MR) is 81.4 cm³/mol. The minimum absolute atomic E-state index is 0.0621. The molecule has 1 N–H and O–H groups in total. The fourth-order valence-corrected chi connectivity index (χ4v) is 4.52. The Labute approximate surface area is 135 Å². The van der Waals surface area contributed by atoms with E-state index in [1.807, 2.05) is 0 Å². The molecule has 0 aliphatic heterocycles. The highest BCUT2D eigenvalue weighted by Gasteiger charge is 2.22. The van der Waals surface area contributed by atoms with Crippen molar-refractivity contribution < 1.29 is 17.6 Å². The summed E-state index contributed by atoms with van der Waals surface area (Å²) in [6.07, 6.45) is 4.44. The largest absolute Gasteiger partial charge is 0.352 e. The van der Waals surface area contributed by atoms with Crippen LogP contribution in [-0.4, -0.2) is 20.9 Å². The maximum absolute atomic E-state index is 13.7. The molecule has 1 aliphatic rings. The smallest absolute Gasteiger partial charge is 0.262 e. The first-order chi connectivity index (χ1) is 9.79. The standard InChI is InChI=1S/C13H14BrClFNO3S/c14-12-10(16)5-9(6-11(12)21(15,19)20)13(18)17-7-8-3-1-2-4-8/h5-6,8H,1-4,7H2,(H,17,18). The van der Waals surface area contributed by atoms with Gasteiger partial charge in [0.2, 0.25) is 0 Å². The number of rotatable bonds is 4. The van der Waals surface area contributed by atoms with Gasteiger partial charge in [0.25, 0.3) is 15.0 Å². The number of carbonyl (C=O) groups is 1. The molecule has 1 fully saturated rings. The summed E-state index contributed by atoms with van der Waals surface area (Å²) in [4.78, 5) is 11.6. The summed E-state index contributed by atoms with van der Waals surface area (Å²) in [5, 5.41) is 2.71. The van der Waals surface area contributed by atoms with Crippen LogP contribution in [0, 0.1) is 11.7 Å². The maximum atomic E-state index is 13.7. The number of nitrogens with one attached hydrogen (secondary N) is 1. The van der Waals surface area contributed by atoms with E-state index in [4.69, 9.17) is 10.7 Å². The molecule has 0 heterocycles. The molecule has 1 saturated carbocycles. The Hall–Kier alpha value is -0.660. The molecule has 4 nitrogen and oxygen atoms in total. The first-order valence-electron chi connectivity index (χ1n) is 6.51. The molecule has 116 valence electrons. The maximum Gasteiger partial charge on any atom is 0.262 e. The van der Waals surface area contributed by atoms with Gasteiger partial charge in [0.15, 0.2) is 0 Å². The second-order valence-corrected chi connectivity index (χ2v) is 8.40. The molecule has 21 heavy (non-hydrogen) atoms. The van der Waals surface area contributed by atoms with Crippen molar-refractivity contribution in [2.75, 3.05) is 6.54 Å². The Balaban J connectivity index is 2.19. The zero-order valence-corrected chi connectivity index (χ0v) is 14.2. The van der Waals surface area contributed by atoms with Crippen LogP contribution in [0.1, 0.15) is 36.0 Å². The van der Waals surface area contributed by atoms with E-state index in [0.717, 1.165) is 37.8 Å². The number of halogens is 3. The first kappa shape index (κ1) is 16.7. The molecule has 1 aliphatic carbocycles. The van der Waals surface area contributed by atoms with Crippen LogP contribution in [-0.2, 0) is 9.05 Å². The number of hydrogen-bond acceptors (Lipinski definition) is 3. The normalized spacial score (nSPS) is 16.1. The summed E-state index contributed by atoms with van der Waals surface area (Å²) < 4.78 is 36.2. The lowest BCUT2D eigenvalue weighted by Gasteiger charge is -2.11. The van der Waals surface area contributed by atoms with Crippen molar-refractivity contribution in [2.45, 2.75) is 30.6 Å². The van der Waals surface area contributed by atoms with Crippen molar-refractivity contribution in [3.05, 3.63) is 28.0 Å². The molecule has 1 amide bonds. The zero-order valence-electron chi connectivity index (χ0n) is 11.0. The molecule has 0 aromatic heterocycles. The Bertz CT molecular complexity index is 660. The number of benzene rings is 1. The average molecular weight is 399 g/mol. The third-order valence-corrected chi connectivity index (χ3v) is 5.96. The second kappa shape index (κ2) is 6.62. The number of hydrogen-bond donors (Lipinski definition) is 1. The average Bonchev–Trinajstić information content (AvgIpc) is 2.90. The van der Waals surface area contributed by atoms with Crippen molar-refractivity contribution >= 4 is 41.6 Å². The third kappa shape index (κ3) is 4.17.